The third-order valence-corrected chi connectivity index (χ3v) is 3.92. The van der Waals surface area contributed by atoms with E-state index in [1.165, 1.54) is 12.1 Å². The van der Waals surface area contributed by atoms with Crippen LogP contribution in [0.2, 0.25) is 0 Å². The van der Waals surface area contributed by atoms with Gasteiger partial charge >= 0.3 is 81.4 Å². The maximum atomic E-state index is 10.5. The Morgan fingerprint density at radius 2 is 1.64 bits per heavy atom. The number of benzene rings is 1. The Kier molecular flexibility index (Phi) is 2.67. The zero-order chi connectivity index (χ0) is 8.48. The molecule has 0 fully saturated rings. The van der Waals surface area contributed by atoms with E-state index in [0.717, 1.165) is 3.07 Å². The molecular weight excluding hydrogens is 353 g/mol. The van der Waals surface area contributed by atoms with Gasteiger partial charge in [0.1, 0.15) is 0 Å². The van der Waals surface area contributed by atoms with Gasteiger partial charge in [-0.1, -0.05) is 0 Å². The molecule has 0 amide bonds. The molecule has 0 saturated carbocycles. The summed E-state index contributed by atoms with van der Waals surface area (Å²) in [4.78, 5) is -0.0355. The van der Waals surface area contributed by atoms with Crippen LogP contribution in [-0.4, -0.2) is 13.0 Å². The number of rotatable bonds is 1. The van der Waals surface area contributed by atoms with E-state index < -0.39 is 10.1 Å². The van der Waals surface area contributed by atoms with Crippen LogP contribution in [0.3, 0.4) is 0 Å². The van der Waals surface area contributed by atoms with Gasteiger partial charge in [-0.3, -0.25) is 0 Å². The minimum atomic E-state index is -4.00. The van der Waals surface area contributed by atoms with Crippen molar-refractivity contribution in [1.82, 2.24) is 0 Å². The van der Waals surface area contributed by atoms with Crippen molar-refractivity contribution < 1.29 is 39.1 Å². The topological polar surface area (TPSA) is 54.4 Å². The third-order valence-electron chi connectivity index (χ3n) is 1.22. The summed E-state index contributed by atoms with van der Waals surface area (Å²) < 4.78 is 30.7. The molecule has 3 nitrogen and oxygen atoms in total. The second kappa shape index (κ2) is 3.20. The van der Waals surface area contributed by atoms with Crippen LogP contribution >= 0.6 is 0 Å². The fraction of sp³-hybridized carbons (Fsp3) is 0. The van der Waals surface area contributed by atoms with E-state index in [-0.39, 0.29) is 4.90 Å². The van der Waals surface area contributed by atoms with Crippen LogP contribution in [0.15, 0.2) is 29.2 Å². The molecule has 1 aromatic carbocycles. The molecule has 0 unspecified atom stereocenters. The molecule has 0 radical (unpaired) electrons. The molecule has 0 aliphatic heterocycles. The normalized spacial score (nSPS) is 11.5. The summed E-state index contributed by atoms with van der Waals surface area (Å²) >= 11 is 0.498. The zero-order valence-electron chi connectivity index (χ0n) is 5.69. The van der Waals surface area contributed by atoms with E-state index in [1.807, 2.05) is 0 Å². The quantitative estimate of drug-likeness (QED) is 0.573. The van der Waals surface area contributed by atoms with Crippen LogP contribution in [0.5, 0.6) is 0 Å². The van der Waals surface area contributed by atoms with Crippen LogP contribution in [0.25, 0.3) is 0 Å². The van der Waals surface area contributed by atoms with Gasteiger partial charge in [0.2, 0.25) is 0 Å². The van der Waals surface area contributed by atoms with Gasteiger partial charge in [0, 0.05) is 0 Å². The summed E-state index contributed by atoms with van der Waals surface area (Å²) in [6.07, 6.45) is 0. The van der Waals surface area contributed by atoms with Crippen molar-refractivity contribution in [1.29, 1.82) is 0 Å². The predicted molar refractivity (Wildman–Crippen MR) is 35.9 cm³/mol. The zero-order valence-corrected chi connectivity index (χ0v) is 12.0. The van der Waals surface area contributed by atoms with Gasteiger partial charge in [0.25, 0.3) is 0 Å². The Labute approximate surface area is 81.2 Å². The van der Waals surface area contributed by atoms with E-state index in [4.69, 9.17) is 4.55 Å². The van der Waals surface area contributed by atoms with E-state index in [9.17, 15) is 8.42 Å². The van der Waals surface area contributed by atoms with Gasteiger partial charge in [-0.05, 0) is 0 Å². The van der Waals surface area contributed by atoms with E-state index >= 15 is 0 Å². The summed E-state index contributed by atoms with van der Waals surface area (Å²) in [7, 11) is -4.00. The average Bonchev–Trinajstić information content (AvgIpc) is 1.86. The Bertz CT molecular complexity index is 341. The fourth-order valence-corrected chi connectivity index (χ4v) is 2.06. The number of hydrogen-bond donors (Lipinski definition) is 1. The van der Waals surface area contributed by atoms with Crippen molar-refractivity contribution in [3.63, 3.8) is 0 Å². The molecule has 0 aliphatic carbocycles. The van der Waals surface area contributed by atoms with Crippen molar-refractivity contribution >= 4 is 13.2 Å². The Morgan fingerprint density at radius 1 is 1.18 bits per heavy atom. The van der Waals surface area contributed by atoms with Crippen LogP contribution in [-0.2, 0) is 36.2 Å². The van der Waals surface area contributed by atoms with Gasteiger partial charge in [-0.15, -0.1) is 0 Å². The summed E-state index contributed by atoms with van der Waals surface area (Å²) in [6.45, 7) is 0. The van der Waals surface area contributed by atoms with Gasteiger partial charge in [-0.25, -0.2) is 0 Å². The molecule has 1 N–H and O–H groups in total. The predicted octanol–water partition coefficient (Wildman–Crippen LogP) is 0.105. The second-order valence-corrected chi connectivity index (χ2v) is 6.71. The van der Waals surface area contributed by atoms with Crippen molar-refractivity contribution in [3.8, 4) is 0 Å². The summed E-state index contributed by atoms with van der Waals surface area (Å²) in [6, 6.07) is 6.26. The summed E-state index contributed by atoms with van der Waals surface area (Å²) in [5, 5.41) is 0. The SMILES string of the molecule is O=S(=O)(O)c1cc[c]([Hg+])cc1. The summed E-state index contributed by atoms with van der Waals surface area (Å²) in [5.74, 6) is 0. The molecule has 5 heteroatoms. The molecule has 0 bridgehead atoms. The van der Waals surface area contributed by atoms with Crippen LogP contribution in [0, 0.1) is 0 Å². The summed E-state index contributed by atoms with van der Waals surface area (Å²) in [5.41, 5.74) is 0. The first-order chi connectivity index (χ1) is 5.00. The third kappa shape index (κ3) is 2.54. The van der Waals surface area contributed by atoms with Crippen LogP contribution < -0.4 is 3.07 Å². The molecular formula is C6H5HgO3S+. The average molecular weight is 358 g/mol. The molecule has 1 rings (SSSR count). The van der Waals surface area contributed by atoms with Gasteiger partial charge < -0.3 is 0 Å². The molecule has 0 aliphatic rings. The van der Waals surface area contributed by atoms with Gasteiger partial charge in [0.05, 0.1) is 0 Å². The first kappa shape index (κ1) is 9.16. The molecule has 54 valence electrons. The van der Waals surface area contributed by atoms with Crippen LogP contribution in [0.4, 0.5) is 0 Å². The van der Waals surface area contributed by atoms with E-state index in [1.54, 1.807) is 12.1 Å². The molecule has 1 aromatic rings. The van der Waals surface area contributed by atoms with E-state index in [2.05, 4.69) is 0 Å². The molecule has 0 atom stereocenters. The minimum absolute atomic E-state index is 0.0355. The fourth-order valence-electron chi connectivity index (χ4n) is 0.661. The molecule has 0 spiro atoms. The number of hydrogen-bond acceptors (Lipinski definition) is 2. The van der Waals surface area contributed by atoms with Crippen molar-refractivity contribution in [2.24, 2.45) is 0 Å². The van der Waals surface area contributed by atoms with Gasteiger partial charge in [0.15, 0.2) is 0 Å². The molecule has 0 aromatic heterocycles. The van der Waals surface area contributed by atoms with Crippen molar-refractivity contribution in [3.05, 3.63) is 24.3 Å². The molecule has 0 heterocycles. The Hall–Kier alpha value is 0.0651. The first-order valence-corrected chi connectivity index (χ1v) is 7.08. The molecule has 11 heavy (non-hydrogen) atoms. The Morgan fingerprint density at radius 3 is 2.00 bits per heavy atom. The van der Waals surface area contributed by atoms with Crippen LogP contribution in [0.1, 0.15) is 0 Å². The standard InChI is InChI=1S/C6H5O3S.Hg/c7-10(8,9)6-4-2-1-3-5-6;/h2-5H,(H,7,8,9);/q;+1. The second-order valence-electron chi connectivity index (χ2n) is 2.12. The monoisotopic (exact) mass is 359 g/mol. The van der Waals surface area contributed by atoms with Crippen molar-refractivity contribution in [2.45, 2.75) is 4.90 Å². The Balaban J connectivity index is 3.20. The first-order valence-electron chi connectivity index (χ1n) is 2.89. The van der Waals surface area contributed by atoms with Gasteiger partial charge in [-0.2, -0.15) is 0 Å². The van der Waals surface area contributed by atoms with Crippen molar-refractivity contribution in [2.75, 3.05) is 0 Å². The molecule has 0 saturated heterocycles. The maximum absolute atomic E-state index is 10.5. The van der Waals surface area contributed by atoms with E-state index in [0.29, 0.717) is 26.1 Å².